The first-order valence-electron chi connectivity index (χ1n) is 15.0. The highest BCUT2D eigenvalue weighted by Gasteiger charge is 2.20. The van der Waals surface area contributed by atoms with Gasteiger partial charge in [0.05, 0.1) is 11.1 Å². The zero-order chi connectivity index (χ0) is 29.0. The SMILES string of the molecule is c1ccc2cc(N(c3ccc(-c4cccc5ccccc45)cc3)c3cccc4oc5c6ccccc6ccc5c34)ccc2c1. The van der Waals surface area contributed by atoms with E-state index in [2.05, 4.69) is 169 Å². The Kier molecular flexibility index (Phi) is 5.54. The first kappa shape index (κ1) is 24.7. The third-order valence-corrected chi connectivity index (χ3v) is 8.82. The van der Waals surface area contributed by atoms with Gasteiger partial charge in [0.25, 0.3) is 0 Å². The molecule has 0 saturated heterocycles. The second-order valence-electron chi connectivity index (χ2n) is 11.4. The van der Waals surface area contributed by atoms with Crippen molar-refractivity contribution < 1.29 is 4.42 Å². The molecule has 8 aromatic carbocycles. The molecular weight excluding hydrogens is 534 g/mol. The third-order valence-electron chi connectivity index (χ3n) is 8.82. The maximum Gasteiger partial charge on any atom is 0.143 e. The van der Waals surface area contributed by atoms with Crippen molar-refractivity contribution in [3.8, 4) is 11.1 Å². The first-order valence-corrected chi connectivity index (χ1v) is 15.0. The van der Waals surface area contributed by atoms with Crippen LogP contribution in [0.2, 0.25) is 0 Å². The topological polar surface area (TPSA) is 16.4 Å². The third kappa shape index (κ3) is 3.89. The smallest absolute Gasteiger partial charge is 0.143 e. The standard InChI is InChI=1S/C42H27NO/c1-2-12-32-27-34(25-19-28(32)9-1)43(33-23-20-31(21-24-33)36-16-7-13-29-10-3-5-14-35(29)36)39-17-8-18-40-41(39)38-26-22-30-11-4-6-15-37(30)42(38)44-40/h1-27H. The van der Waals surface area contributed by atoms with Gasteiger partial charge in [-0.2, -0.15) is 0 Å². The molecule has 0 aliphatic heterocycles. The number of rotatable bonds is 4. The Morgan fingerprint density at radius 1 is 0.409 bits per heavy atom. The van der Waals surface area contributed by atoms with Gasteiger partial charge < -0.3 is 9.32 Å². The number of anilines is 3. The number of fused-ring (bicyclic) bond motifs is 7. The molecule has 0 aliphatic rings. The van der Waals surface area contributed by atoms with Crippen LogP contribution >= 0.6 is 0 Å². The highest BCUT2D eigenvalue weighted by molar-refractivity contribution is 6.19. The van der Waals surface area contributed by atoms with Gasteiger partial charge in [-0.15, -0.1) is 0 Å². The quantitative estimate of drug-likeness (QED) is 0.212. The largest absolute Gasteiger partial charge is 0.455 e. The van der Waals surface area contributed by atoms with Crippen molar-refractivity contribution in [3.63, 3.8) is 0 Å². The van der Waals surface area contributed by atoms with Crippen molar-refractivity contribution in [2.45, 2.75) is 0 Å². The highest BCUT2D eigenvalue weighted by Crippen LogP contribution is 2.45. The van der Waals surface area contributed by atoms with Crippen LogP contribution < -0.4 is 4.90 Å². The van der Waals surface area contributed by atoms with E-state index < -0.39 is 0 Å². The van der Waals surface area contributed by atoms with Crippen LogP contribution in [0.25, 0.3) is 65.4 Å². The fourth-order valence-corrected chi connectivity index (χ4v) is 6.73. The van der Waals surface area contributed by atoms with E-state index in [-0.39, 0.29) is 0 Å². The van der Waals surface area contributed by atoms with E-state index >= 15 is 0 Å². The van der Waals surface area contributed by atoms with Crippen LogP contribution in [0.15, 0.2) is 168 Å². The van der Waals surface area contributed by atoms with Crippen molar-refractivity contribution in [2.75, 3.05) is 4.90 Å². The van der Waals surface area contributed by atoms with E-state index in [1.165, 1.54) is 38.1 Å². The maximum atomic E-state index is 6.59. The number of furan rings is 1. The second-order valence-corrected chi connectivity index (χ2v) is 11.4. The predicted octanol–water partition coefficient (Wildman–Crippen LogP) is 12.2. The van der Waals surface area contributed by atoms with Crippen LogP contribution in [-0.2, 0) is 0 Å². The Hall–Kier alpha value is -5.86. The average Bonchev–Trinajstić information content (AvgIpc) is 3.49. The van der Waals surface area contributed by atoms with E-state index in [0.717, 1.165) is 44.4 Å². The molecule has 0 atom stereocenters. The molecule has 0 amide bonds. The summed E-state index contributed by atoms with van der Waals surface area (Å²) in [5.74, 6) is 0. The number of hydrogen-bond acceptors (Lipinski definition) is 2. The summed E-state index contributed by atoms with van der Waals surface area (Å²) in [7, 11) is 0. The van der Waals surface area contributed by atoms with E-state index in [4.69, 9.17) is 4.42 Å². The summed E-state index contributed by atoms with van der Waals surface area (Å²) >= 11 is 0. The van der Waals surface area contributed by atoms with Crippen LogP contribution in [0, 0.1) is 0 Å². The Bertz CT molecular complexity index is 2500. The van der Waals surface area contributed by atoms with Gasteiger partial charge in [0.1, 0.15) is 11.2 Å². The van der Waals surface area contributed by atoms with Gasteiger partial charge in [-0.1, -0.05) is 121 Å². The Morgan fingerprint density at radius 3 is 1.89 bits per heavy atom. The Labute approximate surface area is 255 Å². The molecule has 0 fully saturated rings. The fraction of sp³-hybridized carbons (Fsp3) is 0. The Balaban J connectivity index is 1.28. The molecule has 206 valence electrons. The highest BCUT2D eigenvalue weighted by atomic mass is 16.3. The maximum absolute atomic E-state index is 6.59. The van der Waals surface area contributed by atoms with Crippen molar-refractivity contribution in [2.24, 2.45) is 0 Å². The zero-order valence-corrected chi connectivity index (χ0v) is 23.9. The number of hydrogen-bond donors (Lipinski definition) is 0. The summed E-state index contributed by atoms with van der Waals surface area (Å²) in [6, 6.07) is 58.6. The lowest BCUT2D eigenvalue weighted by Gasteiger charge is -2.27. The van der Waals surface area contributed by atoms with E-state index in [1.54, 1.807) is 0 Å². The van der Waals surface area contributed by atoms with Gasteiger partial charge in [-0.05, 0) is 80.5 Å². The summed E-state index contributed by atoms with van der Waals surface area (Å²) in [5, 5.41) is 9.47. The summed E-state index contributed by atoms with van der Waals surface area (Å²) in [6.07, 6.45) is 0. The van der Waals surface area contributed by atoms with Gasteiger partial charge in [0, 0.05) is 22.1 Å². The molecule has 2 nitrogen and oxygen atoms in total. The lowest BCUT2D eigenvalue weighted by molar-refractivity contribution is 0.672. The van der Waals surface area contributed by atoms with Gasteiger partial charge in [-0.25, -0.2) is 0 Å². The summed E-state index contributed by atoms with van der Waals surface area (Å²) in [4.78, 5) is 2.37. The lowest BCUT2D eigenvalue weighted by atomic mass is 9.98. The van der Waals surface area contributed by atoms with Gasteiger partial charge in [-0.3, -0.25) is 0 Å². The molecule has 0 N–H and O–H groups in total. The van der Waals surface area contributed by atoms with Gasteiger partial charge >= 0.3 is 0 Å². The molecule has 0 spiro atoms. The van der Waals surface area contributed by atoms with Crippen LogP contribution in [0.5, 0.6) is 0 Å². The molecule has 2 heteroatoms. The molecule has 0 aliphatic carbocycles. The molecule has 0 unspecified atom stereocenters. The van der Waals surface area contributed by atoms with Crippen molar-refractivity contribution >= 4 is 71.3 Å². The number of benzene rings is 8. The minimum Gasteiger partial charge on any atom is -0.455 e. The molecule has 1 aromatic heterocycles. The Morgan fingerprint density at radius 2 is 1.05 bits per heavy atom. The second kappa shape index (κ2) is 9.86. The minimum atomic E-state index is 0.881. The molecular formula is C42H27NO. The van der Waals surface area contributed by atoms with Gasteiger partial charge in [0.15, 0.2) is 0 Å². The first-order chi connectivity index (χ1) is 21.8. The van der Waals surface area contributed by atoms with Crippen LogP contribution in [0.3, 0.4) is 0 Å². The predicted molar refractivity (Wildman–Crippen MR) is 186 cm³/mol. The molecule has 44 heavy (non-hydrogen) atoms. The van der Waals surface area contributed by atoms with Crippen molar-refractivity contribution in [3.05, 3.63) is 164 Å². The van der Waals surface area contributed by atoms with E-state index in [1.807, 2.05) is 0 Å². The average molecular weight is 562 g/mol. The molecule has 0 radical (unpaired) electrons. The summed E-state index contributed by atoms with van der Waals surface area (Å²) in [6.45, 7) is 0. The zero-order valence-electron chi connectivity index (χ0n) is 23.9. The fourth-order valence-electron chi connectivity index (χ4n) is 6.73. The minimum absolute atomic E-state index is 0.881. The summed E-state index contributed by atoms with van der Waals surface area (Å²) < 4.78 is 6.59. The molecule has 9 rings (SSSR count). The molecule has 9 aromatic rings. The van der Waals surface area contributed by atoms with Crippen molar-refractivity contribution in [1.29, 1.82) is 0 Å². The summed E-state index contributed by atoms with van der Waals surface area (Å²) in [5.41, 5.74) is 7.52. The number of nitrogens with zero attached hydrogens (tertiary/aromatic N) is 1. The van der Waals surface area contributed by atoms with Crippen molar-refractivity contribution in [1.82, 2.24) is 0 Å². The van der Waals surface area contributed by atoms with E-state index in [9.17, 15) is 0 Å². The van der Waals surface area contributed by atoms with Gasteiger partial charge in [0.2, 0.25) is 0 Å². The normalized spacial score (nSPS) is 11.6. The van der Waals surface area contributed by atoms with E-state index in [0.29, 0.717) is 0 Å². The van der Waals surface area contributed by atoms with Crippen LogP contribution in [0.4, 0.5) is 17.1 Å². The molecule has 1 heterocycles. The lowest BCUT2D eigenvalue weighted by Crippen LogP contribution is -2.10. The molecule has 0 bridgehead atoms. The monoisotopic (exact) mass is 561 g/mol. The van der Waals surface area contributed by atoms with Crippen LogP contribution in [-0.4, -0.2) is 0 Å². The molecule has 0 saturated carbocycles. The van der Waals surface area contributed by atoms with Crippen LogP contribution in [0.1, 0.15) is 0 Å².